The van der Waals surface area contributed by atoms with E-state index in [4.69, 9.17) is 21.1 Å². The number of anilines is 1. The number of rotatable bonds is 7. The van der Waals surface area contributed by atoms with Crippen LogP contribution in [0, 0.1) is 5.82 Å². The van der Waals surface area contributed by atoms with Gasteiger partial charge in [-0.3, -0.25) is 4.90 Å². The summed E-state index contributed by atoms with van der Waals surface area (Å²) in [5.41, 5.74) is -1.32. The molecule has 2 saturated heterocycles. The molecule has 2 aliphatic heterocycles. The summed E-state index contributed by atoms with van der Waals surface area (Å²) in [5.74, 6) is 0.423. The third-order valence-electron chi connectivity index (χ3n) is 6.87. The van der Waals surface area contributed by atoms with Crippen molar-refractivity contribution in [2.75, 3.05) is 51.3 Å². The Labute approximate surface area is 204 Å². The van der Waals surface area contributed by atoms with Crippen LogP contribution >= 0.6 is 11.6 Å². The molecule has 0 amide bonds. The predicted octanol–water partition coefficient (Wildman–Crippen LogP) is 2.70. The minimum absolute atomic E-state index is 0.0128. The first-order chi connectivity index (χ1) is 16.2. The smallest absolute Gasteiger partial charge is 0.145 e. The fourth-order valence-electron chi connectivity index (χ4n) is 4.75. The highest BCUT2D eigenvalue weighted by Gasteiger charge is 2.44. The van der Waals surface area contributed by atoms with Crippen molar-refractivity contribution in [1.82, 2.24) is 4.90 Å². The van der Waals surface area contributed by atoms with Crippen molar-refractivity contribution >= 4 is 17.3 Å². The standard InChI is InChI=1S/C25H32ClFN2O5/c1-33-19-4-2-18(3-5-19)29-12-9-24(31,10-13-29)15-28-11-8-23(30)25(32,16-28)17-34-20-6-7-21(26)22(27)14-20/h2-7,14,23,30-32H,8-13,15-17H2,1H3/t23-,25-/m0/s1. The lowest BCUT2D eigenvalue weighted by Gasteiger charge is -2.46. The van der Waals surface area contributed by atoms with Gasteiger partial charge < -0.3 is 29.7 Å². The Morgan fingerprint density at radius 3 is 2.38 bits per heavy atom. The molecule has 34 heavy (non-hydrogen) atoms. The van der Waals surface area contributed by atoms with Gasteiger partial charge in [-0.2, -0.15) is 0 Å². The molecule has 2 atom stereocenters. The van der Waals surface area contributed by atoms with Crippen molar-refractivity contribution in [3.8, 4) is 11.5 Å². The SMILES string of the molecule is COc1ccc(N2CCC(O)(CN3CC[C@H](O)[C@@](O)(COc4ccc(Cl)c(F)c4)C3)CC2)cc1. The lowest BCUT2D eigenvalue weighted by molar-refractivity contribution is -0.149. The number of likely N-dealkylation sites (tertiary alicyclic amines) is 1. The summed E-state index contributed by atoms with van der Waals surface area (Å²) in [4.78, 5) is 4.21. The Bertz CT molecular complexity index is 970. The molecule has 0 radical (unpaired) electrons. The molecule has 2 heterocycles. The monoisotopic (exact) mass is 494 g/mol. The summed E-state index contributed by atoms with van der Waals surface area (Å²) < 4.78 is 24.5. The normalized spacial score (nSPS) is 25.2. The Hall–Kier alpha value is -2.10. The third kappa shape index (κ3) is 5.75. The van der Waals surface area contributed by atoms with Gasteiger partial charge in [0.05, 0.1) is 23.8 Å². The summed E-state index contributed by atoms with van der Waals surface area (Å²) >= 11 is 5.70. The Balaban J connectivity index is 1.32. The molecule has 2 fully saturated rings. The lowest BCUT2D eigenvalue weighted by atomic mass is 9.86. The zero-order chi connectivity index (χ0) is 24.3. The quantitative estimate of drug-likeness (QED) is 0.545. The van der Waals surface area contributed by atoms with Gasteiger partial charge >= 0.3 is 0 Å². The predicted molar refractivity (Wildman–Crippen MR) is 128 cm³/mol. The van der Waals surface area contributed by atoms with Gasteiger partial charge in [0.25, 0.3) is 0 Å². The Kier molecular flexibility index (Phi) is 7.54. The molecule has 2 aromatic carbocycles. The minimum atomic E-state index is -1.53. The second-order valence-corrected chi connectivity index (χ2v) is 9.80. The number of halogens is 2. The van der Waals surface area contributed by atoms with Crippen LogP contribution in [0.5, 0.6) is 11.5 Å². The van der Waals surface area contributed by atoms with E-state index in [2.05, 4.69) is 4.90 Å². The van der Waals surface area contributed by atoms with Gasteiger partial charge in [0.1, 0.15) is 29.5 Å². The largest absolute Gasteiger partial charge is 0.497 e. The molecule has 0 unspecified atom stereocenters. The molecule has 186 valence electrons. The van der Waals surface area contributed by atoms with Gasteiger partial charge in [0.15, 0.2) is 0 Å². The van der Waals surface area contributed by atoms with Crippen molar-refractivity contribution in [3.05, 3.63) is 53.3 Å². The highest BCUT2D eigenvalue weighted by atomic mass is 35.5. The zero-order valence-corrected chi connectivity index (χ0v) is 20.0. The van der Waals surface area contributed by atoms with Crippen LogP contribution in [0.3, 0.4) is 0 Å². The van der Waals surface area contributed by atoms with E-state index in [0.717, 1.165) is 30.6 Å². The van der Waals surface area contributed by atoms with Gasteiger partial charge in [-0.1, -0.05) is 11.6 Å². The fraction of sp³-hybridized carbons (Fsp3) is 0.520. The van der Waals surface area contributed by atoms with E-state index in [1.165, 1.54) is 12.1 Å². The zero-order valence-electron chi connectivity index (χ0n) is 19.3. The van der Waals surface area contributed by atoms with Crippen LogP contribution in [-0.4, -0.2) is 84.0 Å². The highest BCUT2D eigenvalue weighted by Crippen LogP contribution is 2.31. The van der Waals surface area contributed by atoms with Crippen LogP contribution in [0.25, 0.3) is 0 Å². The van der Waals surface area contributed by atoms with Gasteiger partial charge in [0.2, 0.25) is 0 Å². The maximum atomic E-state index is 13.7. The maximum absolute atomic E-state index is 13.7. The van der Waals surface area contributed by atoms with Crippen molar-refractivity contribution in [2.45, 2.75) is 36.6 Å². The van der Waals surface area contributed by atoms with E-state index in [0.29, 0.717) is 32.4 Å². The van der Waals surface area contributed by atoms with Crippen LogP contribution in [0.2, 0.25) is 5.02 Å². The highest BCUT2D eigenvalue weighted by molar-refractivity contribution is 6.30. The topological polar surface area (TPSA) is 85.6 Å². The van der Waals surface area contributed by atoms with Gasteiger partial charge in [-0.25, -0.2) is 4.39 Å². The minimum Gasteiger partial charge on any atom is -0.497 e. The number of aliphatic hydroxyl groups excluding tert-OH is 1. The molecule has 9 heteroatoms. The van der Waals surface area contributed by atoms with E-state index < -0.39 is 23.1 Å². The maximum Gasteiger partial charge on any atom is 0.145 e. The number of hydrogen-bond acceptors (Lipinski definition) is 7. The molecule has 7 nitrogen and oxygen atoms in total. The molecule has 4 rings (SSSR count). The van der Waals surface area contributed by atoms with E-state index in [1.807, 2.05) is 29.2 Å². The average Bonchev–Trinajstić information content (AvgIpc) is 2.83. The van der Waals surface area contributed by atoms with Gasteiger partial charge in [0, 0.05) is 44.5 Å². The molecular weight excluding hydrogens is 463 g/mol. The average molecular weight is 495 g/mol. The van der Waals surface area contributed by atoms with Crippen molar-refractivity contribution in [3.63, 3.8) is 0 Å². The Morgan fingerprint density at radius 2 is 1.74 bits per heavy atom. The Morgan fingerprint density at radius 1 is 1.06 bits per heavy atom. The number of piperidine rings is 2. The summed E-state index contributed by atoms with van der Waals surface area (Å²) in [6, 6.07) is 11.9. The molecule has 0 aromatic heterocycles. The number of methoxy groups -OCH3 is 1. The van der Waals surface area contributed by atoms with E-state index in [-0.39, 0.29) is 23.9 Å². The van der Waals surface area contributed by atoms with E-state index >= 15 is 0 Å². The number of ether oxygens (including phenoxy) is 2. The lowest BCUT2D eigenvalue weighted by Crippen LogP contribution is -2.62. The van der Waals surface area contributed by atoms with Gasteiger partial charge in [-0.05, 0) is 55.7 Å². The molecule has 0 aliphatic carbocycles. The molecule has 0 saturated carbocycles. The molecule has 0 bridgehead atoms. The van der Waals surface area contributed by atoms with Crippen LogP contribution in [-0.2, 0) is 0 Å². The number of β-amino-alcohol motifs (C(OH)–C–C–N with tert-alkyl or cyclic N) is 2. The number of benzene rings is 2. The van der Waals surface area contributed by atoms with Gasteiger partial charge in [-0.15, -0.1) is 0 Å². The number of aliphatic hydroxyl groups is 3. The first-order valence-corrected chi connectivity index (χ1v) is 11.9. The second-order valence-electron chi connectivity index (χ2n) is 9.39. The summed E-state index contributed by atoms with van der Waals surface area (Å²) in [5, 5.41) is 32.8. The third-order valence-corrected chi connectivity index (χ3v) is 7.17. The molecule has 2 aliphatic rings. The van der Waals surface area contributed by atoms with E-state index in [1.54, 1.807) is 7.11 Å². The van der Waals surface area contributed by atoms with Crippen LogP contribution in [0.1, 0.15) is 19.3 Å². The molecule has 0 spiro atoms. The molecule has 2 aromatic rings. The summed E-state index contributed by atoms with van der Waals surface area (Å²) in [6.45, 7) is 2.34. The first kappa shape index (κ1) is 25.0. The molecular formula is C25H32ClFN2O5. The number of nitrogens with zero attached hydrogens (tertiary/aromatic N) is 2. The number of hydrogen-bond donors (Lipinski definition) is 3. The van der Waals surface area contributed by atoms with Crippen LogP contribution < -0.4 is 14.4 Å². The van der Waals surface area contributed by atoms with E-state index in [9.17, 15) is 19.7 Å². The van der Waals surface area contributed by atoms with Crippen LogP contribution in [0.4, 0.5) is 10.1 Å². The summed E-state index contributed by atoms with van der Waals surface area (Å²) in [7, 11) is 1.64. The van der Waals surface area contributed by atoms with Crippen molar-refractivity contribution in [2.24, 2.45) is 0 Å². The van der Waals surface area contributed by atoms with Crippen LogP contribution in [0.15, 0.2) is 42.5 Å². The van der Waals surface area contributed by atoms with Crippen molar-refractivity contribution in [1.29, 1.82) is 0 Å². The second kappa shape index (κ2) is 10.3. The molecule has 3 N–H and O–H groups in total. The van der Waals surface area contributed by atoms with Crippen molar-refractivity contribution < 1.29 is 29.2 Å². The summed E-state index contributed by atoms with van der Waals surface area (Å²) in [6.07, 6.45) is 0.560. The first-order valence-electron chi connectivity index (χ1n) is 11.5. The fourth-order valence-corrected chi connectivity index (χ4v) is 4.86.